The van der Waals surface area contributed by atoms with Crippen LogP contribution in [0.25, 0.3) is 11.1 Å². The minimum atomic E-state index is -0.872. The number of alkyl carbamates (subject to hydrolysis) is 1. The van der Waals surface area contributed by atoms with E-state index in [0.29, 0.717) is 0 Å². The van der Waals surface area contributed by atoms with Crippen molar-refractivity contribution in [3.63, 3.8) is 0 Å². The summed E-state index contributed by atoms with van der Waals surface area (Å²) in [5.74, 6) is -1.24. The minimum absolute atomic E-state index is 0.0826. The summed E-state index contributed by atoms with van der Waals surface area (Å²) in [4.78, 5) is 39.8. The number of ether oxygens (including phenoxy) is 2. The molecule has 3 rings (SSSR count). The van der Waals surface area contributed by atoms with Gasteiger partial charge < -0.3 is 19.7 Å². The second kappa shape index (κ2) is 11.4. The SMILES string of the molecule is C=CCN(CC(=O)OC(C)(C)C)C(=O)[C@@H](NC(=O)OCC1c2ccccc2-c2ccccc21)C(C)C. The number of benzene rings is 2. The van der Waals surface area contributed by atoms with Crippen LogP contribution in [0, 0.1) is 5.92 Å². The molecule has 0 saturated heterocycles. The number of hydrogen-bond donors (Lipinski definition) is 1. The van der Waals surface area contributed by atoms with Gasteiger partial charge in [0.2, 0.25) is 5.91 Å². The fraction of sp³-hybridized carbons (Fsp3) is 0.414. The van der Waals surface area contributed by atoms with Crippen LogP contribution in [0.15, 0.2) is 61.2 Å². The van der Waals surface area contributed by atoms with Crippen LogP contribution in [0.5, 0.6) is 0 Å². The molecule has 1 atom stereocenters. The lowest BCUT2D eigenvalue weighted by molar-refractivity contribution is -0.159. The molecular formula is C29H36N2O5. The molecule has 36 heavy (non-hydrogen) atoms. The van der Waals surface area contributed by atoms with E-state index in [0.717, 1.165) is 22.3 Å². The van der Waals surface area contributed by atoms with Crippen molar-refractivity contribution in [3.8, 4) is 11.1 Å². The highest BCUT2D eigenvalue weighted by molar-refractivity contribution is 5.89. The first-order valence-corrected chi connectivity index (χ1v) is 12.2. The molecule has 0 fully saturated rings. The van der Waals surface area contributed by atoms with E-state index in [1.54, 1.807) is 20.8 Å². The second-order valence-corrected chi connectivity index (χ2v) is 10.3. The summed E-state index contributed by atoms with van der Waals surface area (Å²) in [6.07, 6.45) is 0.854. The lowest BCUT2D eigenvalue weighted by atomic mass is 9.98. The zero-order valence-electron chi connectivity index (χ0n) is 21.7. The van der Waals surface area contributed by atoms with Gasteiger partial charge in [0.25, 0.3) is 0 Å². The minimum Gasteiger partial charge on any atom is -0.459 e. The summed E-state index contributed by atoms with van der Waals surface area (Å²) >= 11 is 0. The van der Waals surface area contributed by atoms with Crippen LogP contribution >= 0.6 is 0 Å². The van der Waals surface area contributed by atoms with Gasteiger partial charge in [0, 0.05) is 12.5 Å². The highest BCUT2D eigenvalue weighted by atomic mass is 16.6. The molecule has 7 heteroatoms. The maximum absolute atomic E-state index is 13.3. The van der Waals surface area contributed by atoms with E-state index in [-0.39, 0.29) is 31.5 Å². The van der Waals surface area contributed by atoms with Crippen molar-refractivity contribution in [1.82, 2.24) is 10.2 Å². The predicted molar refractivity (Wildman–Crippen MR) is 139 cm³/mol. The van der Waals surface area contributed by atoms with Crippen LogP contribution in [0.3, 0.4) is 0 Å². The van der Waals surface area contributed by atoms with E-state index in [1.165, 1.54) is 11.0 Å². The fourth-order valence-corrected chi connectivity index (χ4v) is 4.40. The molecule has 0 saturated carbocycles. The van der Waals surface area contributed by atoms with E-state index in [2.05, 4.69) is 24.0 Å². The van der Waals surface area contributed by atoms with Crippen LogP contribution < -0.4 is 5.32 Å². The standard InChI is InChI=1S/C29H36N2O5/c1-7-16-31(17-25(32)36-29(4,5)6)27(33)26(19(2)3)30-28(34)35-18-24-22-14-10-8-12-20(22)21-13-9-11-15-23(21)24/h7-15,19,24,26H,1,16-18H2,2-6H3,(H,30,34)/t26-/m0/s1. The van der Waals surface area contributed by atoms with E-state index in [9.17, 15) is 14.4 Å². The highest BCUT2D eigenvalue weighted by Crippen LogP contribution is 2.44. The number of amides is 2. The van der Waals surface area contributed by atoms with Gasteiger partial charge in [0.05, 0.1) is 0 Å². The average molecular weight is 493 g/mol. The number of esters is 1. The average Bonchev–Trinajstić information content (AvgIpc) is 3.13. The van der Waals surface area contributed by atoms with Gasteiger partial charge in [0.1, 0.15) is 24.8 Å². The van der Waals surface area contributed by atoms with Crippen molar-refractivity contribution < 1.29 is 23.9 Å². The van der Waals surface area contributed by atoms with Gasteiger partial charge in [-0.05, 0) is 48.9 Å². The lowest BCUT2D eigenvalue weighted by Crippen LogP contribution is -2.53. The van der Waals surface area contributed by atoms with Crippen molar-refractivity contribution in [2.75, 3.05) is 19.7 Å². The third kappa shape index (κ3) is 6.53. The lowest BCUT2D eigenvalue weighted by Gasteiger charge is -2.29. The van der Waals surface area contributed by atoms with Crippen LogP contribution in [0.1, 0.15) is 51.7 Å². The maximum Gasteiger partial charge on any atom is 0.407 e. The van der Waals surface area contributed by atoms with Gasteiger partial charge in [-0.15, -0.1) is 6.58 Å². The molecule has 0 radical (unpaired) electrons. The first-order valence-electron chi connectivity index (χ1n) is 12.2. The van der Waals surface area contributed by atoms with Crippen LogP contribution in [-0.4, -0.2) is 54.2 Å². The number of carbonyl (C=O) groups excluding carboxylic acids is 3. The summed E-state index contributed by atoms with van der Waals surface area (Å²) < 4.78 is 11.0. The largest absolute Gasteiger partial charge is 0.459 e. The first-order chi connectivity index (χ1) is 17.0. The summed E-state index contributed by atoms with van der Waals surface area (Å²) in [5, 5.41) is 2.71. The van der Waals surface area contributed by atoms with Crippen LogP contribution in [-0.2, 0) is 19.1 Å². The van der Waals surface area contributed by atoms with Crippen molar-refractivity contribution >= 4 is 18.0 Å². The molecule has 1 aliphatic rings. The summed E-state index contributed by atoms with van der Waals surface area (Å²) in [5.41, 5.74) is 3.82. The Bertz CT molecular complexity index is 1070. The molecule has 0 spiro atoms. The van der Waals surface area contributed by atoms with Crippen LogP contribution in [0.4, 0.5) is 4.79 Å². The monoisotopic (exact) mass is 492 g/mol. The first kappa shape index (κ1) is 27.0. The van der Waals surface area contributed by atoms with Crippen molar-refractivity contribution in [2.24, 2.45) is 5.92 Å². The molecule has 1 aliphatic carbocycles. The van der Waals surface area contributed by atoms with Gasteiger partial charge in [0.15, 0.2) is 0 Å². The number of hydrogen-bond acceptors (Lipinski definition) is 5. The van der Waals surface area contributed by atoms with Gasteiger partial charge in [-0.25, -0.2) is 4.79 Å². The van der Waals surface area contributed by atoms with Gasteiger partial charge in [-0.1, -0.05) is 68.5 Å². The molecule has 0 aromatic heterocycles. The van der Waals surface area contributed by atoms with Gasteiger partial charge in [-0.3, -0.25) is 9.59 Å². The Morgan fingerprint density at radius 1 is 1.03 bits per heavy atom. The second-order valence-electron chi connectivity index (χ2n) is 10.3. The Balaban J connectivity index is 1.67. The quantitative estimate of drug-likeness (QED) is 0.397. The molecule has 2 aromatic rings. The van der Waals surface area contributed by atoms with E-state index < -0.39 is 29.6 Å². The number of carbonyl (C=O) groups is 3. The third-order valence-electron chi connectivity index (χ3n) is 5.95. The Kier molecular flexibility index (Phi) is 8.56. The van der Waals surface area contributed by atoms with Crippen molar-refractivity contribution in [2.45, 2.75) is 52.2 Å². The van der Waals surface area contributed by atoms with Crippen LogP contribution in [0.2, 0.25) is 0 Å². The van der Waals surface area contributed by atoms with E-state index in [4.69, 9.17) is 9.47 Å². The van der Waals surface area contributed by atoms with Crippen molar-refractivity contribution in [1.29, 1.82) is 0 Å². The molecule has 0 heterocycles. The molecule has 0 bridgehead atoms. The maximum atomic E-state index is 13.3. The fourth-order valence-electron chi connectivity index (χ4n) is 4.40. The summed E-state index contributed by atoms with van der Waals surface area (Å²) in [7, 11) is 0. The van der Waals surface area contributed by atoms with Gasteiger partial charge in [-0.2, -0.15) is 0 Å². The van der Waals surface area contributed by atoms with E-state index >= 15 is 0 Å². The Morgan fingerprint density at radius 2 is 1.58 bits per heavy atom. The third-order valence-corrected chi connectivity index (χ3v) is 5.95. The number of nitrogens with zero attached hydrogens (tertiary/aromatic N) is 1. The summed E-state index contributed by atoms with van der Waals surface area (Å²) in [6, 6.07) is 15.3. The molecule has 2 aromatic carbocycles. The Labute approximate surface area is 213 Å². The van der Waals surface area contributed by atoms with Crippen molar-refractivity contribution in [3.05, 3.63) is 72.3 Å². The molecule has 0 aliphatic heterocycles. The Morgan fingerprint density at radius 3 is 2.08 bits per heavy atom. The summed E-state index contributed by atoms with van der Waals surface area (Å²) in [6.45, 7) is 12.7. The Hall–Kier alpha value is -3.61. The predicted octanol–water partition coefficient (Wildman–Crippen LogP) is 4.91. The molecule has 2 amide bonds. The van der Waals surface area contributed by atoms with Gasteiger partial charge >= 0.3 is 12.1 Å². The number of fused-ring (bicyclic) bond motifs is 3. The topological polar surface area (TPSA) is 84.9 Å². The normalized spacial score (nSPS) is 13.4. The molecule has 1 N–H and O–H groups in total. The molecule has 7 nitrogen and oxygen atoms in total. The zero-order valence-corrected chi connectivity index (χ0v) is 21.7. The molecule has 192 valence electrons. The highest BCUT2D eigenvalue weighted by Gasteiger charge is 2.32. The number of rotatable bonds is 9. The zero-order chi connectivity index (χ0) is 26.5. The van der Waals surface area contributed by atoms with E-state index in [1.807, 2.05) is 50.2 Å². The molecular weight excluding hydrogens is 456 g/mol. The number of nitrogens with one attached hydrogen (secondary N) is 1. The molecule has 0 unspecified atom stereocenters. The smallest absolute Gasteiger partial charge is 0.407 e.